The van der Waals surface area contributed by atoms with Gasteiger partial charge in [-0.1, -0.05) is 0 Å². The zero-order chi connectivity index (χ0) is 14.5. The number of urea groups is 2. The van der Waals surface area contributed by atoms with Gasteiger partial charge in [0.1, 0.15) is 11.6 Å². The molecule has 2 rings (SSSR count). The number of hydrogen-bond acceptors (Lipinski definition) is 2. The zero-order valence-electron chi connectivity index (χ0n) is 10.6. The summed E-state index contributed by atoms with van der Waals surface area (Å²) in [5.41, 5.74) is -0.109. The number of rotatable bonds is 4. The fourth-order valence-corrected chi connectivity index (χ4v) is 1.79. The normalized spacial score (nSPS) is 14.1. The number of benzene rings is 1. The molecule has 0 unspecified atom stereocenters. The van der Waals surface area contributed by atoms with Crippen LogP contribution in [-0.2, 0) is 0 Å². The van der Waals surface area contributed by atoms with Crippen molar-refractivity contribution in [2.24, 2.45) is 0 Å². The molecule has 108 valence electrons. The fraction of sp³-hybridized carbons (Fsp3) is 0.333. The molecule has 0 spiro atoms. The third-order valence-electron chi connectivity index (χ3n) is 2.79. The van der Waals surface area contributed by atoms with E-state index >= 15 is 0 Å². The van der Waals surface area contributed by atoms with E-state index in [4.69, 9.17) is 0 Å². The fourth-order valence-electron chi connectivity index (χ4n) is 1.79. The van der Waals surface area contributed by atoms with Gasteiger partial charge >= 0.3 is 12.1 Å². The minimum Gasteiger partial charge on any atom is -0.336 e. The third kappa shape index (κ3) is 3.56. The zero-order valence-corrected chi connectivity index (χ0v) is 10.6. The number of nitrogens with one attached hydrogen (secondary N) is 3. The van der Waals surface area contributed by atoms with E-state index in [9.17, 15) is 18.4 Å². The van der Waals surface area contributed by atoms with E-state index in [1.165, 1.54) is 0 Å². The van der Waals surface area contributed by atoms with Crippen molar-refractivity contribution in [1.82, 2.24) is 15.5 Å². The lowest BCUT2D eigenvalue weighted by Crippen LogP contribution is -2.38. The van der Waals surface area contributed by atoms with E-state index in [0.717, 1.165) is 12.1 Å². The Hall–Kier alpha value is -2.38. The Kier molecular flexibility index (Phi) is 4.34. The lowest BCUT2D eigenvalue weighted by atomic mass is 10.3. The van der Waals surface area contributed by atoms with Crippen molar-refractivity contribution in [3.63, 3.8) is 0 Å². The molecule has 1 aromatic rings. The summed E-state index contributed by atoms with van der Waals surface area (Å²) in [6.45, 7) is 1.79. The highest BCUT2D eigenvalue weighted by Crippen LogP contribution is 2.14. The minimum absolute atomic E-state index is 0.109. The summed E-state index contributed by atoms with van der Waals surface area (Å²) in [5, 5.41) is 7.39. The van der Waals surface area contributed by atoms with Crippen molar-refractivity contribution in [3.8, 4) is 0 Å². The average molecular weight is 284 g/mol. The van der Waals surface area contributed by atoms with Crippen LogP contribution in [0, 0.1) is 11.6 Å². The highest BCUT2D eigenvalue weighted by Gasteiger charge is 2.18. The first-order valence-corrected chi connectivity index (χ1v) is 6.09. The topological polar surface area (TPSA) is 73.5 Å². The molecule has 0 radical (unpaired) electrons. The summed E-state index contributed by atoms with van der Waals surface area (Å²) < 4.78 is 26.0. The van der Waals surface area contributed by atoms with Crippen LogP contribution in [0.2, 0.25) is 0 Å². The highest BCUT2D eigenvalue weighted by molar-refractivity contribution is 5.89. The van der Waals surface area contributed by atoms with Gasteiger partial charge in [-0.25, -0.2) is 18.4 Å². The molecule has 0 bridgehead atoms. The van der Waals surface area contributed by atoms with Gasteiger partial charge in [-0.2, -0.15) is 0 Å². The summed E-state index contributed by atoms with van der Waals surface area (Å²) in [4.78, 5) is 24.3. The van der Waals surface area contributed by atoms with Gasteiger partial charge in [0.05, 0.1) is 5.69 Å². The number of carbonyl (C=O) groups excluding carboxylic acids is 2. The van der Waals surface area contributed by atoms with Gasteiger partial charge in [-0.3, -0.25) is 0 Å². The molecule has 4 amide bonds. The van der Waals surface area contributed by atoms with Gasteiger partial charge in [0.25, 0.3) is 0 Å². The number of hydrogen-bond donors (Lipinski definition) is 3. The maximum Gasteiger partial charge on any atom is 0.319 e. The van der Waals surface area contributed by atoms with Crippen LogP contribution in [0.15, 0.2) is 18.2 Å². The maximum absolute atomic E-state index is 13.3. The predicted octanol–water partition coefficient (Wildman–Crippen LogP) is 1.11. The van der Waals surface area contributed by atoms with Crippen LogP contribution in [0.1, 0.15) is 0 Å². The van der Waals surface area contributed by atoms with E-state index < -0.39 is 17.7 Å². The van der Waals surface area contributed by atoms with Gasteiger partial charge in [-0.05, 0) is 12.1 Å². The summed E-state index contributed by atoms with van der Waals surface area (Å²) in [6.07, 6.45) is 0. The Bertz CT molecular complexity index is 524. The molecule has 8 heteroatoms. The Morgan fingerprint density at radius 3 is 2.85 bits per heavy atom. The van der Waals surface area contributed by atoms with Crippen LogP contribution in [-0.4, -0.2) is 43.1 Å². The quantitative estimate of drug-likeness (QED) is 0.775. The summed E-state index contributed by atoms with van der Waals surface area (Å²) >= 11 is 0. The van der Waals surface area contributed by atoms with E-state index in [-0.39, 0.29) is 18.3 Å². The van der Waals surface area contributed by atoms with Crippen LogP contribution < -0.4 is 16.0 Å². The monoisotopic (exact) mass is 284 g/mol. The summed E-state index contributed by atoms with van der Waals surface area (Å²) in [6, 6.07) is 2.09. The van der Waals surface area contributed by atoms with Crippen molar-refractivity contribution in [2.45, 2.75) is 0 Å². The predicted molar refractivity (Wildman–Crippen MR) is 68.4 cm³/mol. The standard InChI is InChI=1S/C12H14F2N4O2/c13-8-1-2-10(9(14)7-8)17-11(19)15-3-5-18-6-4-16-12(18)20/h1-2,7H,3-6H2,(H,16,20)(H2,15,17,19). The second-order valence-corrected chi connectivity index (χ2v) is 4.22. The Labute approximate surface area is 114 Å². The lowest BCUT2D eigenvalue weighted by molar-refractivity contribution is 0.216. The molecule has 0 aliphatic carbocycles. The molecule has 1 aromatic carbocycles. The molecule has 1 aliphatic rings. The largest absolute Gasteiger partial charge is 0.336 e. The van der Waals surface area contributed by atoms with Gasteiger partial charge in [0.2, 0.25) is 0 Å². The van der Waals surface area contributed by atoms with Crippen molar-refractivity contribution < 1.29 is 18.4 Å². The Morgan fingerprint density at radius 1 is 1.40 bits per heavy atom. The highest BCUT2D eigenvalue weighted by atomic mass is 19.1. The molecular weight excluding hydrogens is 270 g/mol. The smallest absolute Gasteiger partial charge is 0.319 e. The maximum atomic E-state index is 13.3. The van der Waals surface area contributed by atoms with Gasteiger partial charge in [-0.15, -0.1) is 0 Å². The molecule has 1 aliphatic heterocycles. The SMILES string of the molecule is O=C(NCCN1CCNC1=O)Nc1ccc(F)cc1F. The first-order chi connectivity index (χ1) is 9.56. The number of nitrogens with zero attached hydrogens (tertiary/aromatic N) is 1. The second kappa shape index (κ2) is 6.18. The first-order valence-electron chi connectivity index (χ1n) is 6.09. The lowest BCUT2D eigenvalue weighted by Gasteiger charge is -2.14. The molecule has 3 N–H and O–H groups in total. The van der Waals surface area contributed by atoms with Crippen molar-refractivity contribution in [2.75, 3.05) is 31.5 Å². The van der Waals surface area contributed by atoms with Crippen LogP contribution in [0.4, 0.5) is 24.1 Å². The summed E-state index contributed by atoms with van der Waals surface area (Å²) in [7, 11) is 0. The minimum atomic E-state index is -0.848. The van der Waals surface area contributed by atoms with E-state index in [1.807, 2.05) is 0 Å². The van der Waals surface area contributed by atoms with Crippen molar-refractivity contribution in [1.29, 1.82) is 0 Å². The average Bonchev–Trinajstić information content (AvgIpc) is 2.79. The molecule has 0 atom stereocenters. The van der Waals surface area contributed by atoms with E-state index in [1.54, 1.807) is 4.90 Å². The van der Waals surface area contributed by atoms with E-state index in [0.29, 0.717) is 25.7 Å². The van der Waals surface area contributed by atoms with Gasteiger partial charge < -0.3 is 20.9 Å². The van der Waals surface area contributed by atoms with Crippen LogP contribution in [0.3, 0.4) is 0 Å². The second-order valence-electron chi connectivity index (χ2n) is 4.22. The molecule has 20 heavy (non-hydrogen) atoms. The number of amides is 4. The number of carbonyl (C=O) groups is 2. The van der Waals surface area contributed by atoms with E-state index in [2.05, 4.69) is 16.0 Å². The van der Waals surface area contributed by atoms with Crippen LogP contribution in [0.25, 0.3) is 0 Å². The number of halogens is 2. The Balaban J connectivity index is 1.76. The Morgan fingerprint density at radius 2 is 2.20 bits per heavy atom. The number of anilines is 1. The molecule has 1 heterocycles. The van der Waals surface area contributed by atoms with Gasteiger partial charge in [0.15, 0.2) is 0 Å². The van der Waals surface area contributed by atoms with Crippen LogP contribution >= 0.6 is 0 Å². The molecule has 0 saturated carbocycles. The van der Waals surface area contributed by atoms with Crippen molar-refractivity contribution in [3.05, 3.63) is 29.8 Å². The molecule has 1 fully saturated rings. The molecule has 6 nitrogen and oxygen atoms in total. The first kappa shape index (κ1) is 14.0. The summed E-state index contributed by atoms with van der Waals surface area (Å²) in [5.74, 6) is -1.56. The third-order valence-corrected chi connectivity index (χ3v) is 2.79. The molecular formula is C12H14F2N4O2. The van der Waals surface area contributed by atoms with Crippen LogP contribution in [0.5, 0.6) is 0 Å². The molecule has 0 aromatic heterocycles. The van der Waals surface area contributed by atoms with Gasteiger partial charge in [0, 0.05) is 32.2 Å². The van der Waals surface area contributed by atoms with Crippen molar-refractivity contribution >= 4 is 17.7 Å². The molecule has 1 saturated heterocycles.